The smallest absolute Gasteiger partial charge is 0.276 e. The van der Waals surface area contributed by atoms with Crippen LogP contribution in [0.1, 0.15) is 30.5 Å². The molecule has 0 bridgehead atoms. The molecule has 0 aliphatic carbocycles. The van der Waals surface area contributed by atoms with Gasteiger partial charge in [-0.2, -0.15) is 0 Å². The van der Waals surface area contributed by atoms with Crippen molar-refractivity contribution in [3.05, 3.63) is 76.9 Å². The fourth-order valence-corrected chi connectivity index (χ4v) is 4.35. The number of carbonyl (C=O) groups excluding carboxylic acids is 1. The molecule has 1 aliphatic heterocycles. The van der Waals surface area contributed by atoms with Gasteiger partial charge in [0.2, 0.25) is 0 Å². The average molecular weight is 422 g/mol. The van der Waals surface area contributed by atoms with E-state index in [1.165, 1.54) is 11.6 Å². The number of hydrogen-bond donors (Lipinski definition) is 0. The Morgan fingerprint density at radius 1 is 1.07 bits per heavy atom. The number of thiocarbonyl (C=S) groups is 1. The molecule has 0 spiro atoms. The third-order valence-electron chi connectivity index (χ3n) is 5.64. The molecule has 1 fully saturated rings. The van der Waals surface area contributed by atoms with Crippen molar-refractivity contribution >= 4 is 40.2 Å². The van der Waals surface area contributed by atoms with Crippen LogP contribution in [0.3, 0.4) is 0 Å². The number of likely N-dealkylation sites (N-methyl/N-ethyl adjacent to an activating group) is 2. The van der Waals surface area contributed by atoms with E-state index in [0.29, 0.717) is 29.5 Å². The molecule has 4 nitrogen and oxygen atoms in total. The first-order valence-electron chi connectivity index (χ1n) is 10.1. The normalized spacial score (nSPS) is 15.8. The number of halogens is 1. The number of amides is 1. The van der Waals surface area contributed by atoms with E-state index in [1.807, 2.05) is 44.4 Å². The van der Waals surface area contributed by atoms with Gasteiger partial charge in [-0.1, -0.05) is 43.3 Å². The van der Waals surface area contributed by atoms with E-state index in [2.05, 4.69) is 17.6 Å². The van der Waals surface area contributed by atoms with Gasteiger partial charge in [-0.3, -0.25) is 9.69 Å². The lowest BCUT2D eigenvalue weighted by atomic mass is 10.1. The minimum Gasteiger partial charge on any atom is -0.342 e. The highest BCUT2D eigenvalue weighted by Gasteiger charge is 2.34. The molecule has 1 saturated heterocycles. The maximum Gasteiger partial charge on any atom is 0.276 e. The van der Waals surface area contributed by atoms with Crippen LogP contribution in [0.2, 0.25) is 0 Å². The van der Waals surface area contributed by atoms with Gasteiger partial charge in [0, 0.05) is 36.3 Å². The maximum atomic E-state index is 14.3. The Morgan fingerprint density at radius 2 is 1.80 bits per heavy atom. The summed E-state index contributed by atoms with van der Waals surface area (Å²) >= 11 is 5.42. The molecule has 0 atom stereocenters. The Morgan fingerprint density at radius 3 is 2.47 bits per heavy atom. The molecule has 30 heavy (non-hydrogen) atoms. The highest BCUT2D eigenvalue weighted by molar-refractivity contribution is 7.80. The second kappa shape index (κ2) is 8.03. The fourth-order valence-electron chi connectivity index (χ4n) is 4.04. The number of fused-ring (bicyclic) bond motifs is 1. The number of hydrogen-bond acceptors (Lipinski definition) is 2. The van der Waals surface area contributed by atoms with Crippen molar-refractivity contribution in [2.45, 2.75) is 26.8 Å². The van der Waals surface area contributed by atoms with Crippen LogP contribution in [-0.4, -0.2) is 39.0 Å². The topological polar surface area (TPSA) is 28.5 Å². The van der Waals surface area contributed by atoms with Gasteiger partial charge in [0.15, 0.2) is 5.11 Å². The van der Waals surface area contributed by atoms with Crippen molar-refractivity contribution in [1.29, 1.82) is 0 Å². The Hall–Kier alpha value is -2.99. The number of para-hydroxylation sites is 1. The summed E-state index contributed by atoms with van der Waals surface area (Å²) in [6, 6.07) is 13.0. The Labute approximate surface area is 181 Å². The summed E-state index contributed by atoms with van der Waals surface area (Å²) in [4.78, 5) is 16.2. The molecule has 2 aromatic carbocycles. The summed E-state index contributed by atoms with van der Waals surface area (Å²) in [5.41, 5.74) is 4.36. The Bertz CT molecular complexity index is 1180. The summed E-state index contributed by atoms with van der Waals surface area (Å²) in [5, 5.41) is 1.55. The minimum absolute atomic E-state index is 0.0911. The number of benzene rings is 2. The molecular formula is C24H24FN3OS. The van der Waals surface area contributed by atoms with Crippen LogP contribution in [0.25, 0.3) is 17.0 Å². The molecule has 6 heteroatoms. The van der Waals surface area contributed by atoms with E-state index in [-0.39, 0.29) is 11.7 Å². The molecule has 1 amide bonds. The van der Waals surface area contributed by atoms with Gasteiger partial charge >= 0.3 is 0 Å². The molecule has 154 valence electrons. The number of aromatic nitrogens is 1. The summed E-state index contributed by atoms with van der Waals surface area (Å²) in [6.45, 7) is 4.98. The predicted molar refractivity (Wildman–Crippen MR) is 123 cm³/mol. The largest absolute Gasteiger partial charge is 0.342 e. The lowest BCUT2D eigenvalue weighted by Crippen LogP contribution is -2.30. The van der Waals surface area contributed by atoms with Gasteiger partial charge in [-0.15, -0.1) is 0 Å². The number of nitrogens with zero attached hydrogens (tertiary/aromatic N) is 3. The summed E-state index contributed by atoms with van der Waals surface area (Å²) < 4.78 is 16.4. The second-order valence-electron chi connectivity index (χ2n) is 7.39. The van der Waals surface area contributed by atoms with E-state index in [4.69, 9.17) is 12.2 Å². The fraction of sp³-hybridized carbons (Fsp3) is 0.250. The zero-order valence-electron chi connectivity index (χ0n) is 17.4. The van der Waals surface area contributed by atoms with Crippen LogP contribution in [0.4, 0.5) is 4.39 Å². The first-order valence-corrected chi connectivity index (χ1v) is 10.5. The molecular weight excluding hydrogens is 397 g/mol. The lowest BCUT2D eigenvalue weighted by molar-refractivity contribution is -0.122. The van der Waals surface area contributed by atoms with Gasteiger partial charge in [0.05, 0.1) is 12.1 Å². The van der Waals surface area contributed by atoms with E-state index in [9.17, 15) is 9.18 Å². The zero-order chi connectivity index (χ0) is 21.4. The van der Waals surface area contributed by atoms with Gasteiger partial charge in [0.1, 0.15) is 11.5 Å². The van der Waals surface area contributed by atoms with Crippen molar-refractivity contribution in [3.63, 3.8) is 0 Å². The monoisotopic (exact) mass is 421 g/mol. The van der Waals surface area contributed by atoms with E-state index in [1.54, 1.807) is 21.9 Å². The number of aryl methyl sites for hydroxylation is 1. The molecule has 2 heterocycles. The quantitative estimate of drug-likeness (QED) is 0.437. The Kier molecular flexibility index (Phi) is 5.43. The predicted octanol–water partition coefficient (Wildman–Crippen LogP) is 4.81. The van der Waals surface area contributed by atoms with Gasteiger partial charge in [0.25, 0.3) is 5.91 Å². The highest BCUT2D eigenvalue weighted by Crippen LogP contribution is 2.30. The van der Waals surface area contributed by atoms with Crippen molar-refractivity contribution in [3.8, 4) is 0 Å². The van der Waals surface area contributed by atoms with Gasteiger partial charge < -0.3 is 9.47 Å². The minimum atomic E-state index is -0.220. The zero-order valence-corrected chi connectivity index (χ0v) is 18.2. The molecule has 1 aromatic heterocycles. The summed E-state index contributed by atoms with van der Waals surface area (Å²) in [7, 11) is 1.82. The third-order valence-corrected chi connectivity index (χ3v) is 6.14. The van der Waals surface area contributed by atoms with Crippen molar-refractivity contribution in [1.82, 2.24) is 14.4 Å². The SMILES string of the molecule is CCc1cccc2c(/C=C3/C(=O)N(CC)C(=S)N3C)cn(Cc3ccccc3F)c12. The van der Waals surface area contributed by atoms with E-state index < -0.39 is 0 Å². The Balaban J connectivity index is 1.87. The molecule has 1 aliphatic rings. The first kappa shape index (κ1) is 20.3. The molecule has 0 unspecified atom stereocenters. The molecule has 4 rings (SSSR count). The van der Waals surface area contributed by atoms with Gasteiger partial charge in [-0.25, -0.2) is 4.39 Å². The lowest BCUT2D eigenvalue weighted by Gasteiger charge is -2.13. The van der Waals surface area contributed by atoms with Crippen LogP contribution in [-0.2, 0) is 17.8 Å². The molecule has 0 radical (unpaired) electrons. The van der Waals surface area contributed by atoms with Crippen LogP contribution < -0.4 is 0 Å². The highest BCUT2D eigenvalue weighted by atomic mass is 32.1. The van der Waals surface area contributed by atoms with Crippen molar-refractivity contribution in [2.75, 3.05) is 13.6 Å². The third kappa shape index (κ3) is 3.31. The summed E-state index contributed by atoms with van der Waals surface area (Å²) in [6.07, 6.45) is 4.76. The molecule has 0 saturated carbocycles. The molecule has 3 aromatic rings. The maximum absolute atomic E-state index is 14.3. The number of carbonyl (C=O) groups is 1. The van der Waals surface area contributed by atoms with Crippen molar-refractivity contribution in [2.24, 2.45) is 0 Å². The van der Waals surface area contributed by atoms with Crippen LogP contribution in [0.15, 0.2) is 54.4 Å². The van der Waals surface area contributed by atoms with Gasteiger partial charge in [-0.05, 0) is 43.3 Å². The second-order valence-corrected chi connectivity index (χ2v) is 7.76. The van der Waals surface area contributed by atoms with Crippen LogP contribution in [0, 0.1) is 5.82 Å². The standard InChI is InChI=1S/C24H24FN3OS/c1-4-16-10-8-11-19-18(13-21-23(29)28(5-2)24(30)26(21)3)15-27(22(16)19)14-17-9-6-7-12-20(17)25/h6-13,15H,4-5,14H2,1-3H3/b21-13-. The van der Waals surface area contributed by atoms with Crippen LogP contribution in [0.5, 0.6) is 0 Å². The molecule has 0 N–H and O–H groups in total. The summed E-state index contributed by atoms with van der Waals surface area (Å²) in [5.74, 6) is -0.311. The average Bonchev–Trinajstić information content (AvgIpc) is 3.19. The van der Waals surface area contributed by atoms with Crippen LogP contribution >= 0.6 is 12.2 Å². The van der Waals surface area contributed by atoms with E-state index in [0.717, 1.165) is 22.9 Å². The number of rotatable bonds is 5. The van der Waals surface area contributed by atoms with E-state index >= 15 is 0 Å². The van der Waals surface area contributed by atoms with Crippen molar-refractivity contribution < 1.29 is 9.18 Å². The first-order chi connectivity index (χ1) is 14.5.